The number of benzene rings is 1. The van der Waals surface area contributed by atoms with Crippen LogP contribution in [-0.4, -0.2) is 24.3 Å². The minimum atomic E-state index is 0.147. The molecule has 2 rings (SSSR count). The molecule has 1 N–H and O–H groups in total. The summed E-state index contributed by atoms with van der Waals surface area (Å²) in [7, 11) is 3.44. The van der Waals surface area contributed by atoms with E-state index in [1.165, 1.54) is 0 Å². The Kier molecular flexibility index (Phi) is 5.41. The van der Waals surface area contributed by atoms with Crippen LogP contribution in [0.25, 0.3) is 0 Å². The molecule has 0 aliphatic heterocycles. The van der Waals surface area contributed by atoms with Crippen LogP contribution in [0, 0.1) is 0 Å². The molecular weight excluding hydrogens is 294 g/mol. The van der Waals surface area contributed by atoms with Crippen LogP contribution in [0.2, 0.25) is 5.02 Å². The van der Waals surface area contributed by atoms with Crippen molar-refractivity contribution in [2.75, 3.05) is 14.2 Å². The summed E-state index contributed by atoms with van der Waals surface area (Å²) in [6.45, 7) is 2.80. The van der Waals surface area contributed by atoms with Gasteiger partial charge in [-0.25, -0.2) is 0 Å². The lowest BCUT2D eigenvalue weighted by atomic mass is 10.2. The van der Waals surface area contributed by atoms with Crippen molar-refractivity contribution in [2.45, 2.75) is 26.5 Å². The molecule has 6 nitrogen and oxygen atoms in total. The lowest BCUT2D eigenvalue weighted by Gasteiger charge is -2.13. The Morgan fingerprint density at radius 1 is 1.38 bits per heavy atom. The van der Waals surface area contributed by atoms with Gasteiger partial charge in [0.2, 0.25) is 0 Å². The van der Waals surface area contributed by atoms with Crippen LogP contribution in [0.1, 0.15) is 24.2 Å². The molecule has 1 aromatic heterocycles. The molecule has 0 amide bonds. The van der Waals surface area contributed by atoms with Crippen molar-refractivity contribution in [2.24, 2.45) is 0 Å². The Morgan fingerprint density at radius 2 is 2.19 bits per heavy atom. The molecule has 1 heterocycles. The third-order valence-corrected chi connectivity index (χ3v) is 3.12. The van der Waals surface area contributed by atoms with E-state index in [4.69, 9.17) is 25.6 Å². The number of methoxy groups -OCH3 is 1. The van der Waals surface area contributed by atoms with E-state index in [1.54, 1.807) is 7.11 Å². The van der Waals surface area contributed by atoms with E-state index in [0.717, 1.165) is 5.56 Å². The van der Waals surface area contributed by atoms with E-state index in [1.807, 2.05) is 26.1 Å². The average molecular weight is 312 g/mol. The second kappa shape index (κ2) is 7.28. The summed E-state index contributed by atoms with van der Waals surface area (Å²) in [6, 6.07) is 3.71. The van der Waals surface area contributed by atoms with Gasteiger partial charge in [0.15, 0.2) is 23.9 Å². The number of nitrogens with one attached hydrogen (secondary N) is 1. The first kappa shape index (κ1) is 15.6. The maximum absolute atomic E-state index is 6.25. The molecule has 0 fully saturated rings. The first-order valence-electron chi connectivity index (χ1n) is 6.63. The molecule has 2 aromatic rings. The molecule has 7 heteroatoms. The zero-order valence-electron chi connectivity index (χ0n) is 12.3. The van der Waals surface area contributed by atoms with Gasteiger partial charge < -0.3 is 19.3 Å². The Balaban J connectivity index is 2.14. The normalized spacial score (nSPS) is 10.7. The summed E-state index contributed by atoms with van der Waals surface area (Å²) in [5.74, 6) is 2.10. The third kappa shape index (κ3) is 3.86. The standard InChI is InChI=1S/C14H18ClN3O3/c1-4-12-17-13(21-18-12)8-20-14-10(15)5-9(7-16-2)6-11(14)19-3/h5-6,16H,4,7-8H2,1-3H3. The molecule has 21 heavy (non-hydrogen) atoms. The van der Waals surface area contributed by atoms with Gasteiger partial charge in [0.25, 0.3) is 5.89 Å². The SMILES string of the molecule is CCc1noc(COc2c(Cl)cc(CNC)cc2OC)n1. The van der Waals surface area contributed by atoms with Gasteiger partial charge in [-0.1, -0.05) is 23.7 Å². The molecule has 0 spiro atoms. The van der Waals surface area contributed by atoms with Crippen LogP contribution in [0.4, 0.5) is 0 Å². The fraction of sp³-hybridized carbons (Fsp3) is 0.429. The summed E-state index contributed by atoms with van der Waals surface area (Å²) in [4.78, 5) is 4.18. The zero-order chi connectivity index (χ0) is 15.2. The third-order valence-electron chi connectivity index (χ3n) is 2.84. The Morgan fingerprint density at radius 3 is 2.81 bits per heavy atom. The zero-order valence-corrected chi connectivity index (χ0v) is 13.0. The summed E-state index contributed by atoms with van der Waals surface area (Å²) in [5, 5.41) is 7.35. The number of nitrogens with zero attached hydrogens (tertiary/aromatic N) is 2. The van der Waals surface area contributed by atoms with Gasteiger partial charge in [-0.05, 0) is 24.7 Å². The predicted octanol–water partition coefficient (Wildman–Crippen LogP) is 2.59. The highest BCUT2D eigenvalue weighted by molar-refractivity contribution is 6.32. The fourth-order valence-corrected chi connectivity index (χ4v) is 2.13. The molecule has 1 aromatic carbocycles. The minimum Gasteiger partial charge on any atom is -0.493 e. The van der Waals surface area contributed by atoms with Gasteiger partial charge in [0.1, 0.15) is 0 Å². The molecule has 0 radical (unpaired) electrons. The molecule has 0 atom stereocenters. The van der Waals surface area contributed by atoms with Crippen molar-refractivity contribution < 1.29 is 14.0 Å². The molecular formula is C14H18ClN3O3. The summed E-state index contributed by atoms with van der Waals surface area (Å²) < 4.78 is 16.1. The van der Waals surface area contributed by atoms with Crippen molar-refractivity contribution in [1.82, 2.24) is 15.5 Å². The Bertz CT molecular complexity index is 601. The number of ether oxygens (including phenoxy) is 2. The van der Waals surface area contributed by atoms with E-state index < -0.39 is 0 Å². The predicted molar refractivity (Wildman–Crippen MR) is 78.8 cm³/mol. The number of rotatable bonds is 7. The van der Waals surface area contributed by atoms with E-state index in [-0.39, 0.29) is 6.61 Å². The fourth-order valence-electron chi connectivity index (χ4n) is 1.85. The highest BCUT2D eigenvalue weighted by Gasteiger charge is 2.14. The topological polar surface area (TPSA) is 69.4 Å². The summed E-state index contributed by atoms with van der Waals surface area (Å²) in [6.07, 6.45) is 0.715. The number of hydrogen-bond donors (Lipinski definition) is 1. The first-order valence-corrected chi connectivity index (χ1v) is 7.01. The highest BCUT2D eigenvalue weighted by Crippen LogP contribution is 2.36. The smallest absolute Gasteiger partial charge is 0.264 e. The highest BCUT2D eigenvalue weighted by atomic mass is 35.5. The van der Waals surface area contributed by atoms with Gasteiger partial charge in [0.05, 0.1) is 12.1 Å². The van der Waals surface area contributed by atoms with E-state index in [0.29, 0.717) is 41.2 Å². The second-order valence-corrected chi connectivity index (χ2v) is 4.79. The van der Waals surface area contributed by atoms with Crippen molar-refractivity contribution in [3.63, 3.8) is 0 Å². The quantitative estimate of drug-likeness (QED) is 0.847. The van der Waals surface area contributed by atoms with Gasteiger partial charge in [0, 0.05) is 13.0 Å². The summed E-state index contributed by atoms with van der Waals surface area (Å²) in [5.41, 5.74) is 1.01. The average Bonchev–Trinajstić information content (AvgIpc) is 2.94. The Hall–Kier alpha value is -1.79. The van der Waals surface area contributed by atoms with E-state index >= 15 is 0 Å². The maximum atomic E-state index is 6.25. The van der Waals surface area contributed by atoms with Crippen molar-refractivity contribution in [3.05, 3.63) is 34.4 Å². The lowest BCUT2D eigenvalue weighted by Crippen LogP contribution is -2.06. The minimum absolute atomic E-state index is 0.147. The largest absolute Gasteiger partial charge is 0.493 e. The van der Waals surface area contributed by atoms with Crippen LogP contribution < -0.4 is 14.8 Å². The van der Waals surface area contributed by atoms with Gasteiger partial charge >= 0.3 is 0 Å². The van der Waals surface area contributed by atoms with E-state index in [2.05, 4.69) is 15.5 Å². The molecule has 114 valence electrons. The van der Waals surface area contributed by atoms with Crippen LogP contribution in [0.3, 0.4) is 0 Å². The maximum Gasteiger partial charge on any atom is 0.264 e. The summed E-state index contributed by atoms with van der Waals surface area (Å²) >= 11 is 6.25. The molecule has 0 aliphatic carbocycles. The molecule has 0 unspecified atom stereocenters. The van der Waals surface area contributed by atoms with E-state index in [9.17, 15) is 0 Å². The molecule has 0 saturated heterocycles. The lowest BCUT2D eigenvalue weighted by molar-refractivity contribution is 0.233. The van der Waals surface area contributed by atoms with Gasteiger partial charge in [-0.3, -0.25) is 0 Å². The van der Waals surface area contributed by atoms with Gasteiger partial charge in [-0.2, -0.15) is 4.98 Å². The molecule has 0 bridgehead atoms. The number of hydrogen-bond acceptors (Lipinski definition) is 6. The molecule has 0 aliphatic rings. The van der Waals surface area contributed by atoms with Crippen molar-refractivity contribution in [1.29, 1.82) is 0 Å². The Labute approximate surface area is 128 Å². The molecule has 0 saturated carbocycles. The number of aryl methyl sites for hydroxylation is 1. The van der Waals surface area contributed by atoms with Crippen molar-refractivity contribution >= 4 is 11.6 Å². The monoisotopic (exact) mass is 311 g/mol. The van der Waals surface area contributed by atoms with Crippen LogP contribution in [-0.2, 0) is 19.6 Å². The van der Waals surface area contributed by atoms with Crippen LogP contribution >= 0.6 is 11.6 Å². The van der Waals surface area contributed by atoms with Crippen LogP contribution in [0.15, 0.2) is 16.7 Å². The van der Waals surface area contributed by atoms with Gasteiger partial charge in [-0.15, -0.1) is 0 Å². The number of aromatic nitrogens is 2. The number of halogens is 1. The second-order valence-electron chi connectivity index (χ2n) is 4.39. The van der Waals surface area contributed by atoms with Crippen molar-refractivity contribution in [3.8, 4) is 11.5 Å². The van der Waals surface area contributed by atoms with Crippen LogP contribution in [0.5, 0.6) is 11.5 Å². The first-order chi connectivity index (χ1) is 10.2.